The van der Waals surface area contributed by atoms with Crippen molar-refractivity contribution in [2.24, 2.45) is 10.9 Å². The molecule has 1 unspecified atom stereocenters. The van der Waals surface area contributed by atoms with E-state index < -0.39 is 0 Å². The van der Waals surface area contributed by atoms with Gasteiger partial charge in [0.25, 0.3) is 5.91 Å². The molecular weight excluding hydrogens is 390 g/mol. The number of rotatable bonds is 4. The van der Waals surface area contributed by atoms with Crippen LogP contribution in [0.25, 0.3) is 0 Å². The van der Waals surface area contributed by atoms with Crippen molar-refractivity contribution in [2.75, 3.05) is 57.8 Å². The summed E-state index contributed by atoms with van der Waals surface area (Å²) in [5, 5.41) is 3.49. The molecule has 170 valence electrons. The van der Waals surface area contributed by atoms with E-state index in [4.69, 9.17) is 4.74 Å². The summed E-state index contributed by atoms with van der Waals surface area (Å²) in [5.74, 6) is 1.91. The Morgan fingerprint density at radius 1 is 1.03 bits per heavy atom. The number of amides is 1. The smallest absolute Gasteiger partial charge is 0.251 e. The third kappa shape index (κ3) is 5.50. The first-order valence-electron chi connectivity index (χ1n) is 11.8. The first kappa shape index (κ1) is 21.9. The number of hydrogen-bond donors (Lipinski definition) is 1. The molecule has 0 saturated carbocycles. The number of guanidine groups is 1. The van der Waals surface area contributed by atoms with Gasteiger partial charge in [-0.3, -0.25) is 9.79 Å². The summed E-state index contributed by atoms with van der Waals surface area (Å²) < 4.78 is 5.56. The average Bonchev–Trinajstić information content (AvgIpc) is 3.35. The fourth-order valence-corrected chi connectivity index (χ4v) is 4.72. The highest BCUT2D eigenvalue weighted by Crippen LogP contribution is 2.23. The van der Waals surface area contributed by atoms with Crippen LogP contribution < -0.4 is 10.2 Å². The third-order valence-corrected chi connectivity index (χ3v) is 6.84. The van der Waals surface area contributed by atoms with E-state index in [1.807, 2.05) is 11.9 Å². The maximum absolute atomic E-state index is 12.5. The molecule has 0 radical (unpaired) electrons. The summed E-state index contributed by atoms with van der Waals surface area (Å²) in [5.41, 5.74) is 2.58. The van der Waals surface area contributed by atoms with Gasteiger partial charge >= 0.3 is 0 Å². The van der Waals surface area contributed by atoms with Gasteiger partial charge in [-0.25, -0.2) is 0 Å². The van der Waals surface area contributed by atoms with Gasteiger partial charge in [0.1, 0.15) is 6.10 Å². The Kier molecular flexibility index (Phi) is 7.33. The lowest BCUT2D eigenvalue weighted by molar-refractivity contribution is -0.142. The maximum Gasteiger partial charge on any atom is 0.251 e. The molecule has 31 heavy (non-hydrogen) atoms. The number of piperazine rings is 1. The molecule has 3 aliphatic rings. The Hall–Kier alpha value is -2.28. The van der Waals surface area contributed by atoms with Crippen LogP contribution in [0.1, 0.15) is 38.2 Å². The van der Waals surface area contributed by atoms with Crippen LogP contribution in [0, 0.1) is 5.92 Å². The predicted octanol–water partition coefficient (Wildman–Crippen LogP) is 2.32. The van der Waals surface area contributed by atoms with Crippen molar-refractivity contribution >= 4 is 17.6 Å². The first-order valence-corrected chi connectivity index (χ1v) is 11.8. The lowest BCUT2D eigenvalue weighted by Crippen LogP contribution is -2.55. The molecule has 7 nitrogen and oxygen atoms in total. The average molecular weight is 428 g/mol. The van der Waals surface area contributed by atoms with Gasteiger partial charge in [-0.05, 0) is 49.3 Å². The van der Waals surface area contributed by atoms with Gasteiger partial charge < -0.3 is 24.8 Å². The standard InChI is InChI=1S/C24H37N5O2/c1-19-9-11-27(12-10-19)21-7-5-20(6-8-21)18-26-24(25-2)29-15-13-28(14-16-29)23(30)22-4-3-17-31-22/h5-8,19,22H,3-4,9-18H2,1-2H3,(H,25,26). The fourth-order valence-electron chi connectivity index (χ4n) is 4.72. The number of hydrogen-bond acceptors (Lipinski definition) is 4. The molecule has 3 heterocycles. The second-order valence-corrected chi connectivity index (χ2v) is 9.05. The number of anilines is 1. The van der Waals surface area contributed by atoms with Crippen LogP contribution in [-0.2, 0) is 16.1 Å². The molecular formula is C24H37N5O2. The van der Waals surface area contributed by atoms with Gasteiger partial charge in [0.2, 0.25) is 0 Å². The summed E-state index contributed by atoms with van der Waals surface area (Å²) >= 11 is 0. The topological polar surface area (TPSA) is 60.4 Å². The molecule has 1 atom stereocenters. The number of ether oxygens (including phenoxy) is 1. The summed E-state index contributed by atoms with van der Waals surface area (Å²) in [7, 11) is 1.83. The molecule has 3 fully saturated rings. The van der Waals surface area contributed by atoms with Crippen molar-refractivity contribution in [1.82, 2.24) is 15.1 Å². The van der Waals surface area contributed by atoms with Crippen molar-refractivity contribution in [3.8, 4) is 0 Å². The van der Waals surface area contributed by atoms with Gasteiger partial charge in [-0.2, -0.15) is 0 Å². The van der Waals surface area contributed by atoms with Crippen LogP contribution in [0.5, 0.6) is 0 Å². The van der Waals surface area contributed by atoms with Gasteiger partial charge in [0.15, 0.2) is 5.96 Å². The first-order chi connectivity index (χ1) is 15.1. The summed E-state index contributed by atoms with van der Waals surface area (Å²) in [6, 6.07) is 8.91. The van der Waals surface area contributed by atoms with Crippen molar-refractivity contribution in [2.45, 2.75) is 45.3 Å². The SMILES string of the molecule is CN=C(NCc1ccc(N2CCC(C)CC2)cc1)N1CCN(C(=O)C2CCCO2)CC1. The van der Waals surface area contributed by atoms with E-state index in [1.165, 1.54) is 24.1 Å². The lowest BCUT2D eigenvalue weighted by Gasteiger charge is -2.37. The largest absolute Gasteiger partial charge is 0.372 e. The van der Waals surface area contributed by atoms with E-state index >= 15 is 0 Å². The molecule has 1 aromatic rings. The van der Waals surface area contributed by atoms with Crippen molar-refractivity contribution < 1.29 is 9.53 Å². The quantitative estimate of drug-likeness (QED) is 0.590. The van der Waals surface area contributed by atoms with Crippen molar-refractivity contribution in [1.29, 1.82) is 0 Å². The number of carbonyl (C=O) groups is 1. The van der Waals surface area contributed by atoms with E-state index in [0.717, 1.165) is 70.5 Å². The highest BCUT2D eigenvalue weighted by Gasteiger charge is 2.30. The molecule has 1 amide bonds. The van der Waals surface area contributed by atoms with E-state index in [2.05, 4.69) is 51.3 Å². The second-order valence-electron chi connectivity index (χ2n) is 9.05. The zero-order chi connectivity index (χ0) is 21.6. The molecule has 1 aromatic carbocycles. The highest BCUT2D eigenvalue weighted by atomic mass is 16.5. The summed E-state index contributed by atoms with van der Waals surface area (Å²) in [6.45, 7) is 9.17. The highest BCUT2D eigenvalue weighted by molar-refractivity contribution is 5.82. The fraction of sp³-hybridized carbons (Fsp3) is 0.667. The van der Waals surface area contributed by atoms with Gasteiger partial charge in [-0.1, -0.05) is 19.1 Å². The molecule has 0 bridgehead atoms. The van der Waals surface area contributed by atoms with Crippen molar-refractivity contribution in [3.05, 3.63) is 29.8 Å². The minimum absolute atomic E-state index is 0.156. The molecule has 3 aliphatic heterocycles. The molecule has 7 heteroatoms. The minimum Gasteiger partial charge on any atom is -0.372 e. The Balaban J connectivity index is 1.24. The number of nitrogens with zero attached hydrogens (tertiary/aromatic N) is 4. The molecule has 0 aliphatic carbocycles. The number of aliphatic imine (C=N–C) groups is 1. The Labute approximate surface area is 186 Å². The van der Waals surface area contributed by atoms with Crippen molar-refractivity contribution in [3.63, 3.8) is 0 Å². The molecule has 0 spiro atoms. The minimum atomic E-state index is -0.222. The lowest BCUT2D eigenvalue weighted by atomic mass is 9.99. The molecule has 4 rings (SSSR count). The number of benzene rings is 1. The number of nitrogens with one attached hydrogen (secondary N) is 1. The summed E-state index contributed by atoms with van der Waals surface area (Å²) in [6.07, 6.45) is 4.20. The van der Waals surface area contributed by atoms with Crippen LogP contribution in [-0.4, -0.2) is 80.7 Å². The Morgan fingerprint density at radius 3 is 2.32 bits per heavy atom. The van der Waals surface area contributed by atoms with E-state index in [0.29, 0.717) is 6.61 Å². The third-order valence-electron chi connectivity index (χ3n) is 6.84. The van der Waals surface area contributed by atoms with E-state index in [1.54, 1.807) is 0 Å². The van der Waals surface area contributed by atoms with Crippen LogP contribution in [0.4, 0.5) is 5.69 Å². The molecule has 1 N–H and O–H groups in total. The molecule has 3 saturated heterocycles. The van der Waals surface area contributed by atoms with Gasteiger partial charge in [0.05, 0.1) is 0 Å². The second kappa shape index (κ2) is 10.4. The summed E-state index contributed by atoms with van der Waals surface area (Å²) in [4.78, 5) is 23.7. The maximum atomic E-state index is 12.5. The van der Waals surface area contributed by atoms with Crippen LogP contribution in [0.15, 0.2) is 29.3 Å². The van der Waals surface area contributed by atoms with Gasteiger partial charge in [-0.15, -0.1) is 0 Å². The number of piperidine rings is 1. The van der Waals surface area contributed by atoms with Crippen LogP contribution in [0.3, 0.4) is 0 Å². The van der Waals surface area contributed by atoms with Gasteiger partial charge in [0, 0.05) is 65.2 Å². The van der Waals surface area contributed by atoms with E-state index in [-0.39, 0.29) is 12.0 Å². The zero-order valence-electron chi connectivity index (χ0n) is 19.1. The van der Waals surface area contributed by atoms with Crippen LogP contribution >= 0.6 is 0 Å². The normalized spacial score (nSPS) is 23.4. The number of carbonyl (C=O) groups excluding carboxylic acids is 1. The monoisotopic (exact) mass is 427 g/mol. The van der Waals surface area contributed by atoms with E-state index in [9.17, 15) is 4.79 Å². The Morgan fingerprint density at radius 2 is 1.71 bits per heavy atom. The van der Waals surface area contributed by atoms with Crippen LogP contribution in [0.2, 0.25) is 0 Å². The molecule has 0 aromatic heterocycles. The zero-order valence-corrected chi connectivity index (χ0v) is 19.1. The predicted molar refractivity (Wildman–Crippen MR) is 124 cm³/mol. The Bertz CT molecular complexity index is 744.